The number of imidazole rings is 1. The monoisotopic (exact) mass is 378 g/mol. The van der Waals surface area contributed by atoms with Gasteiger partial charge in [0.25, 0.3) is 5.91 Å². The minimum absolute atomic E-state index is 0.0565. The Kier molecular flexibility index (Phi) is 4.60. The maximum Gasteiger partial charge on any atom is 0.274 e. The maximum absolute atomic E-state index is 12.7. The molecule has 0 spiro atoms. The van der Waals surface area contributed by atoms with Gasteiger partial charge in [0.15, 0.2) is 4.77 Å². The Morgan fingerprint density at radius 2 is 1.59 bits per heavy atom. The number of aromatic nitrogens is 2. The third-order valence-corrected chi connectivity index (χ3v) is 4.68. The highest BCUT2D eigenvalue weighted by Crippen LogP contribution is 2.30. The van der Waals surface area contributed by atoms with Gasteiger partial charge in [-0.15, -0.1) is 0 Å². The van der Waals surface area contributed by atoms with Crippen molar-refractivity contribution in [2.24, 2.45) is 5.92 Å². The number of hydrogen-bond acceptors (Lipinski definition) is 3. The van der Waals surface area contributed by atoms with Crippen LogP contribution in [-0.4, -0.2) is 21.4 Å². The summed E-state index contributed by atoms with van der Waals surface area (Å²) in [5, 5.41) is 5.73. The fourth-order valence-corrected chi connectivity index (χ4v) is 3.05. The van der Waals surface area contributed by atoms with Crippen molar-refractivity contribution in [3.05, 3.63) is 71.3 Å². The molecule has 1 saturated carbocycles. The molecule has 27 heavy (non-hydrogen) atoms. The van der Waals surface area contributed by atoms with Crippen LogP contribution in [0.2, 0.25) is 0 Å². The number of anilines is 2. The predicted molar refractivity (Wildman–Crippen MR) is 107 cm³/mol. The van der Waals surface area contributed by atoms with Crippen LogP contribution in [0.25, 0.3) is 5.69 Å². The standard InChI is InChI=1S/C20H18N4O2S/c25-18(13-6-7-13)22-14-8-10-15(11-9-14)23-19(26)17-12-21-20(27)24(17)16-4-2-1-3-5-16/h1-5,8-13H,6-7H2,(H,21,27)(H,22,25)(H,23,26). The summed E-state index contributed by atoms with van der Waals surface area (Å²) in [7, 11) is 0. The van der Waals surface area contributed by atoms with Gasteiger partial charge in [0.2, 0.25) is 5.91 Å². The Morgan fingerprint density at radius 1 is 0.963 bits per heavy atom. The average Bonchev–Trinajstić information content (AvgIpc) is 3.46. The van der Waals surface area contributed by atoms with E-state index in [2.05, 4.69) is 15.6 Å². The molecule has 0 saturated heterocycles. The highest BCUT2D eigenvalue weighted by molar-refractivity contribution is 7.71. The number of para-hydroxylation sites is 1. The van der Waals surface area contributed by atoms with Gasteiger partial charge in [-0.3, -0.25) is 14.2 Å². The van der Waals surface area contributed by atoms with Gasteiger partial charge in [-0.05, 0) is 61.5 Å². The summed E-state index contributed by atoms with van der Waals surface area (Å²) < 4.78 is 2.14. The van der Waals surface area contributed by atoms with E-state index >= 15 is 0 Å². The van der Waals surface area contributed by atoms with E-state index in [4.69, 9.17) is 12.2 Å². The lowest BCUT2D eigenvalue weighted by molar-refractivity contribution is -0.117. The van der Waals surface area contributed by atoms with Crippen LogP contribution in [0.5, 0.6) is 0 Å². The van der Waals surface area contributed by atoms with Crippen molar-refractivity contribution in [1.82, 2.24) is 9.55 Å². The van der Waals surface area contributed by atoms with Gasteiger partial charge in [0.1, 0.15) is 5.69 Å². The number of carbonyl (C=O) groups is 2. The Balaban J connectivity index is 1.50. The third-order valence-electron chi connectivity index (χ3n) is 4.38. The molecule has 1 aliphatic rings. The first-order valence-corrected chi connectivity index (χ1v) is 9.11. The Labute approximate surface area is 161 Å². The van der Waals surface area contributed by atoms with Crippen molar-refractivity contribution < 1.29 is 9.59 Å². The molecule has 1 fully saturated rings. The van der Waals surface area contributed by atoms with Crippen LogP contribution in [0.15, 0.2) is 60.8 Å². The molecule has 0 bridgehead atoms. The second-order valence-electron chi connectivity index (χ2n) is 6.45. The van der Waals surface area contributed by atoms with E-state index in [1.807, 2.05) is 30.3 Å². The molecule has 0 aliphatic heterocycles. The first-order chi connectivity index (χ1) is 13.1. The van der Waals surface area contributed by atoms with Crippen molar-refractivity contribution in [3.63, 3.8) is 0 Å². The smallest absolute Gasteiger partial charge is 0.274 e. The second kappa shape index (κ2) is 7.20. The number of carbonyl (C=O) groups excluding carboxylic acids is 2. The largest absolute Gasteiger partial charge is 0.336 e. The Bertz CT molecular complexity index is 1030. The van der Waals surface area contributed by atoms with Crippen molar-refractivity contribution in [2.75, 3.05) is 10.6 Å². The van der Waals surface area contributed by atoms with Crippen molar-refractivity contribution >= 4 is 35.4 Å². The number of aromatic amines is 1. The van der Waals surface area contributed by atoms with E-state index in [0.717, 1.165) is 24.2 Å². The van der Waals surface area contributed by atoms with Gasteiger partial charge < -0.3 is 15.6 Å². The van der Waals surface area contributed by atoms with Crippen molar-refractivity contribution in [2.45, 2.75) is 12.8 Å². The molecule has 3 N–H and O–H groups in total. The lowest BCUT2D eigenvalue weighted by Crippen LogP contribution is -2.16. The molecule has 1 aromatic heterocycles. The highest BCUT2D eigenvalue weighted by Gasteiger charge is 2.29. The average molecular weight is 378 g/mol. The molecular weight excluding hydrogens is 360 g/mol. The van der Waals surface area contributed by atoms with Crippen LogP contribution in [0.3, 0.4) is 0 Å². The van der Waals surface area contributed by atoms with Gasteiger partial charge in [0.05, 0.1) is 0 Å². The van der Waals surface area contributed by atoms with Crippen LogP contribution in [-0.2, 0) is 4.79 Å². The van der Waals surface area contributed by atoms with Crippen molar-refractivity contribution in [3.8, 4) is 5.69 Å². The first kappa shape index (κ1) is 17.2. The predicted octanol–water partition coefficient (Wildman–Crippen LogP) is 4.14. The summed E-state index contributed by atoms with van der Waals surface area (Å²) in [5.41, 5.74) is 2.58. The lowest BCUT2D eigenvalue weighted by atomic mass is 10.2. The van der Waals surface area contributed by atoms with E-state index in [9.17, 15) is 9.59 Å². The summed E-state index contributed by atoms with van der Waals surface area (Å²) in [6, 6.07) is 16.5. The fraction of sp³-hybridized carbons (Fsp3) is 0.150. The van der Waals surface area contributed by atoms with E-state index in [1.54, 1.807) is 35.0 Å². The zero-order chi connectivity index (χ0) is 18.8. The van der Waals surface area contributed by atoms with Crippen LogP contribution in [0.4, 0.5) is 11.4 Å². The molecule has 6 nitrogen and oxygen atoms in total. The summed E-state index contributed by atoms with van der Waals surface area (Å²) in [6.45, 7) is 0. The number of benzene rings is 2. The molecule has 136 valence electrons. The molecular formula is C20H18N4O2S. The Morgan fingerprint density at radius 3 is 2.22 bits per heavy atom. The summed E-state index contributed by atoms with van der Waals surface area (Å²) in [5.74, 6) is -0.0686. The quantitative estimate of drug-likeness (QED) is 0.584. The normalized spacial score (nSPS) is 13.2. The van der Waals surface area contributed by atoms with E-state index in [1.165, 1.54) is 0 Å². The highest BCUT2D eigenvalue weighted by atomic mass is 32.1. The molecule has 1 aliphatic carbocycles. The number of hydrogen-bond donors (Lipinski definition) is 3. The molecule has 4 rings (SSSR count). The van der Waals surface area contributed by atoms with Crippen molar-refractivity contribution in [1.29, 1.82) is 0 Å². The molecule has 0 atom stereocenters. The van der Waals surface area contributed by atoms with Crippen LogP contribution in [0, 0.1) is 10.7 Å². The maximum atomic E-state index is 12.7. The zero-order valence-electron chi connectivity index (χ0n) is 14.4. The first-order valence-electron chi connectivity index (χ1n) is 8.70. The molecule has 7 heteroatoms. The minimum atomic E-state index is -0.277. The van der Waals surface area contributed by atoms with Crippen LogP contribution < -0.4 is 10.6 Å². The summed E-state index contributed by atoms with van der Waals surface area (Å²) >= 11 is 5.31. The number of H-pyrrole nitrogens is 1. The van der Waals surface area contributed by atoms with Gasteiger partial charge in [-0.2, -0.15) is 0 Å². The summed E-state index contributed by atoms with van der Waals surface area (Å²) in [4.78, 5) is 27.4. The van der Waals surface area contributed by atoms with Gasteiger partial charge in [0, 0.05) is 29.2 Å². The fourth-order valence-electron chi connectivity index (χ4n) is 2.79. The zero-order valence-corrected chi connectivity index (χ0v) is 15.3. The van der Waals surface area contributed by atoms with E-state index in [0.29, 0.717) is 16.2 Å². The minimum Gasteiger partial charge on any atom is -0.336 e. The lowest BCUT2D eigenvalue weighted by Gasteiger charge is -2.10. The van der Waals surface area contributed by atoms with Gasteiger partial charge in [-0.25, -0.2) is 0 Å². The number of rotatable bonds is 5. The van der Waals surface area contributed by atoms with Crippen LogP contribution in [0.1, 0.15) is 23.3 Å². The van der Waals surface area contributed by atoms with Gasteiger partial charge in [-0.1, -0.05) is 18.2 Å². The Hall–Kier alpha value is -3.19. The molecule has 3 aromatic rings. The third kappa shape index (κ3) is 3.83. The second-order valence-corrected chi connectivity index (χ2v) is 6.83. The molecule has 2 amide bonds. The molecule has 0 radical (unpaired) electrons. The number of nitrogens with zero attached hydrogens (tertiary/aromatic N) is 1. The number of nitrogens with one attached hydrogen (secondary N) is 3. The SMILES string of the molecule is O=C(Nc1ccc(NC(=O)C2CC2)cc1)c1c[nH]c(=S)n1-c1ccccc1. The molecule has 2 aromatic carbocycles. The topological polar surface area (TPSA) is 78.9 Å². The van der Waals surface area contributed by atoms with E-state index in [-0.39, 0.29) is 17.7 Å². The number of amides is 2. The summed E-state index contributed by atoms with van der Waals surface area (Å²) in [6.07, 6.45) is 3.51. The molecule has 0 unspecified atom stereocenters. The van der Waals surface area contributed by atoms with E-state index < -0.39 is 0 Å². The molecule has 1 heterocycles. The van der Waals surface area contributed by atoms with Gasteiger partial charge >= 0.3 is 0 Å². The van der Waals surface area contributed by atoms with Crippen LogP contribution >= 0.6 is 12.2 Å².